The van der Waals surface area contributed by atoms with Crippen LogP contribution in [0, 0.1) is 0 Å². The van der Waals surface area contributed by atoms with Crippen molar-refractivity contribution in [3.63, 3.8) is 0 Å². The van der Waals surface area contributed by atoms with Gasteiger partial charge in [-0.2, -0.15) is 4.98 Å². The van der Waals surface area contributed by atoms with Crippen LogP contribution in [0.15, 0.2) is 215 Å². The van der Waals surface area contributed by atoms with E-state index in [0.29, 0.717) is 11.5 Å². The maximum absolute atomic E-state index is 6.50. The van der Waals surface area contributed by atoms with Gasteiger partial charge in [-0.25, -0.2) is 0 Å². The summed E-state index contributed by atoms with van der Waals surface area (Å²) in [7, 11) is 0. The predicted molar refractivity (Wildman–Crippen MR) is 284 cm³/mol. The maximum atomic E-state index is 6.50. The smallest absolute Gasteiger partial charge is 0.255 e. The number of hydrogen-bond acceptors (Lipinski definition) is 9. The summed E-state index contributed by atoms with van der Waals surface area (Å²) in [6.07, 6.45) is 1.95. The van der Waals surface area contributed by atoms with E-state index in [1.165, 1.54) is 0 Å². The lowest BCUT2D eigenvalue weighted by Gasteiger charge is -2.28. The van der Waals surface area contributed by atoms with Crippen molar-refractivity contribution in [2.75, 3.05) is 9.80 Å². The average Bonchev–Trinajstić information content (AvgIpc) is 4.09. The molecule has 0 atom stereocenters. The second-order valence-corrected chi connectivity index (χ2v) is 18.5. The number of furan rings is 2. The zero-order valence-electron chi connectivity index (χ0n) is 36.5. The molecule has 0 unspecified atom stereocenters. The number of nitrogens with zero attached hydrogens (tertiary/aromatic N) is 6. The van der Waals surface area contributed by atoms with Crippen LogP contribution in [0.4, 0.5) is 34.4 Å². The van der Waals surface area contributed by atoms with Gasteiger partial charge in [-0.15, -0.1) is 21.5 Å². The summed E-state index contributed by atoms with van der Waals surface area (Å²) >= 11 is 1.56. The first-order valence-corrected chi connectivity index (χ1v) is 23.7. The number of aromatic nitrogens is 4. The van der Waals surface area contributed by atoms with Crippen LogP contribution >= 0.6 is 11.3 Å². The molecule has 0 spiro atoms. The highest BCUT2D eigenvalue weighted by Gasteiger charge is 2.26. The van der Waals surface area contributed by atoms with Crippen molar-refractivity contribution in [3.05, 3.63) is 206 Å². The fraction of sp³-hybridized carbons (Fsp3) is 0. The number of anilines is 6. The molecule has 69 heavy (non-hydrogen) atoms. The van der Waals surface area contributed by atoms with E-state index in [1.54, 1.807) is 11.3 Å². The summed E-state index contributed by atoms with van der Waals surface area (Å²) < 4.78 is 13.9. The summed E-state index contributed by atoms with van der Waals surface area (Å²) in [5.74, 6) is 0.439. The van der Waals surface area contributed by atoms with Crippen LogP contribution in [0.25, 0.3) is 108 Å². The van der Waals surface area contributed by atoms with E-state index >= 15 is 0 Å². The molecule has 0 saturated carbocycles. The van der Waals surface area contributed by atoms with Crippen LogP contribution in [0.5, 0.6) is 0 Å². The van der Waals surface area contributed by atoms with E-state index in [0.717, 1.165) is 130 Å². The van der Waals surface area contributed by atoms with Gasteiger partial charge in [0, 0.05) is 60.9 Å². The number of para-hydroxylation sites is 2. The van der Waals surface area contributed by atoms with Crippen LogP contribution in [0.1, 0.15) is 0 Å². The maximum Gasteiger partial charge on any atom is 0.255 e. The number of thiophene rings is 1. The van der Waals surface area contributed by atoms with Crippen LogP contribution in [-0.2, 0) is 0 Å². The van der Waals surface area contributed by atoms with Crippen molar-refractivity contribution in [2.24, 2.45) is 0 Å². The fourth-order valence-electron chi connectivity index (χ4n) is 10.5. The third kappa shape index (κ3) is 5.81. The zero-order chi connectivity index (χ0) is 45.2. The molecule has 0 N–H and O–H groups in total. The van der Waals surface area contributed by atoms with Gasteiger partial charge in [0.05, 0.1) is 33.6 Å². The minimum Gasteiger partial charge on any atom is -0.456 e. The normalized spacial score (nSPS) is 12.1. The minimum atomic E-state index is 0.439. The van der Waals surface area contributed by atoms with Gasteiger partial charge in [0.1, 0.15) is 33.4 Å². The average molecular weight is 903 g/mol. The molecule has 0 bridgehead atoms. The van der Waals surface area contributed by atoms with Crippen molar-refractivity contribution < 1.29 is 8.83 Å². The molecule has 15 rings (SSSR count). The third-order valence-corrected chi connectivity index (χ3v) is 14.6. The number of hydrogen-bond donors (Lipinski definition) is 0. The summed E-state index contributed by atoms with van der Waals surface area (Å²) in [5, 5.41) is 23.1. The summed E-state index contributed by atoms with van der Waals surface area (Å²) in [5.41, 5.74) is 9.38. The van der Waals surface area contributed by atoms with E-state index in [9.17, 15) is 0 Å². The second-order valence-electron chi connectivity index (χ2n) is 17.5. The third-order valence-electron chi connectivity index (χ3n) is 13.5. The van der Waals surface area contributed by atoms with Gasteiger partial charge in [0.25, 0.3) is 5.95 Å². The van der Waals surface area contributed by atoms with Crippen molar-refractivity contribution in [3.8, 4) is 0 Å². The van der Waals surface area contributed by atoms with Gasteiger partial charge >= 0.3 is 0 Å². The van der Waals surface area contributed by atoms with Gasteiger partial charge in [-0.1, -0.05) is 133 Å². The first-order chi connectivity index (χ1) is 34.2. The number of benzene rings is 10. The second kappa shape index (κ2) is 14.7. The largest absolute Gasteiger partial charge is 0.456 e. The minimum absolute atomic E-state index is 0.439. The molecule has 322 valence electrons. The Kier molecular flexibility index (Phi) is 8.07. The van der Waals surface area contributed by atoms with Crippen molar-refractivity contribution in [1.82, 2.24) is 20.2 Å². The highest BCUT2D eigenvalue weighted by atomic mass is 32.1. The van der Waals surface area contributed by atoms with E-state index < -0.39 is 0 Å². The van der Waals surface area contributed by atoms with Crippen molar-refractivity contribution >= 4 is 153 Å². The number of fused-ring (bicyclic) bond motifs is 13. The zero-order valence-corrected chi connectivity index (χ0v) is 37.4. The molecule has 0 radical (unpaired) electrons. The standard InChI is InChI=1S/C60H34N6O2S/c1-5-17-42-35(13-1)29-36-14-2-6-18-43(36)57(42)65(39-25-27-48-46-21-9-11-23-50(46)67-52(48)31-39)41-33-54-55(61-34-41)56-59(69-54)62-60(64-63-56)66(40-26-28-49-47-22-10-12-24-51(47)68-53(49)32-40)58-44-19-7-3-15-37(44)30-38-16-4-8-20-45(38)58/h1-34H. The molecular weight excluding hydrogens is 869 g/mol. The molecule has 0 saturated heterocycles. The molecule has 0 fully saturated rings. The highest BCUT2D eigenvalue weighted by molar-refractivity contribution is 7.25. The van der Waals surface area contributed by atoms with E-state index in [-0.39, 0.29) is 0 Å². The van der Waals surface area contributed by atoms with Crippen LogP contribution in [0.2, 0.25) is 0 Å². The van der Waals surface area contributed by atoms with Crippen molar-refractivity contribution in [1.29, 1.82) is 0 Å². The lowest BCUT2D eigenvalue weighted by Crippen LogP contribution is -2.15. The van der Waals surface area contributed by atoms with Crippen molar-refractivity contribution in [2.45, 2.75) is 0 Å². The van der Waals surface area contributed by atoms with Gasteiger partial charge in [0.2, 0.25) is 0 Å². The molecule has 9 heteroatoms. The summed E-state index contributed by atoms with van der Waals surface area (Å²) in [6.45, 7) is 0. The molecule has 5 heterocycles. The Bertz CT molecular complexity index is 4210. The Balaban J connectivity index is 0.949. The van der Waals surface area contributed by atoms with E-state index in [1.807, 2.05) is 36.5 Å². The van der Waals surface area contributed by atoms with E-state index in [4.69, 9.17) is 29.0 Å². The fourth-order valence-corrected chi connectivity index (χ4v) is 11.5. The topological polar surface area (TPSA) is 84.3 Å². The van der Waals surface area contributed by atoms with Gasteiger partial charge in [-0.05, 0) is 76.1 Å². The summed E-state index contributed by atoms with van der Waals surface area (Å²) in [6, 6.07) is 70.0. The van der Waals surface area contributed by atoms with Crippen LogP contribution < -0.4 is 9.80 Å². The Hall–Kier alpha value is -9.18. The molecule has 0 aliphatic heterocycles. The SMILES string of the molecule is c1ccc2c(N(c3ccc4c(c3)oc3ccccc34)c3cnc4c(c3)sc3nc(N(c5ccc6c(c5)oc5ccccc56)c5c6ccccc6cc6ccccc56)nnc34)c3ccccc3cc2c1. The Morgan fingerprint density at radius 1 is 0.362 bits per heavy atom. The first kappa shape index (κ1) is 38.0. The monoisotopic (exact) mass is 902 g/mol. The number of rotatable bonds is 6. The molecule has 10 aromatic carbocycles. The van der Waals surface area contributed by atoms with E-state index in [2.05, 4.69) is 180 Å². The summed E-state index contributed by atoms with van der Waals surface area (Å²) in [4.78, 5) is 15.8. The molecule has 0 aliphatic carbocycles. The van der Waals surface area contributed by atoms with Crippen LogP contribution in [0.3, 0.4) is 0 Å². The number of pyridine rings is 1. The Morgan fingerprint density at radius 2 is 0.812 bits per heavy atom. The Labute approximate surface area is 396 Å². The van der Waals surface area contributed by atoms with Crippen LogP contribution in [-0.4, -0.2) is 20.2 Å². The quantitative estimate of drug-likeness (QED) is 0.153. The highest BCUT2D eigenvalue weighted by Crippen LogP contribution is 2.48. The molecule has 0 aliphatic rings. The Morgan fingerprint density at radius 3 is 1.35 bits per heavy atom. The first-order valence-electron chi connectivity index (χ1n) is 22.9. The van der Waals surface area contributed by atoms with Gasteiger partial charge < -0.3 is 13.7 Å². The molecule has 15 aromatic rings. The lowest BCUT2D eigenvalue weighted by molar-refractivity contribution is 0.668. The molecule has 0 amide bonds. The molecular formula is C60H34N6O2S. The molecule has 5 aromatic heterocycles. The lowest BCUT2D eigenvalue weighted by atomic mass is 9.99. The molecule has 8 nitrogen and oxygen atoms in total. The van der Waals surface area contributed by atoms with Gasteiger partial charge in [0.15, 0.2) is 4.83 Å². The predicted octanol–water partition coefficient (Wildman–Crippen LogP) is 17.0. The van der Waals surface area contributed by atoms with Gasteiger partial charge in [-0.3, -0.25) is 9.88 Å².